The lowest BCUT2D eigenvalue weighted by Gasteiger charge is -2.29. The summed E-state index contributed by atoms with van der Waals surface area (Å²) in [6.45, 7) is 12.2. The number of rotatable bonds is 9. The minimum Gasteiger partial charge on any atom is -0.378 e. The number of nitrogens with one attached hydrogen (secondary N) is 1. The maximum absolute atomic E-state index is 12.1. The molecule has 6 heteroatoms. The van der Waals surface area contributed by atoms with Gasteiger partial charge in [-0.05, 0) is 44.9 Å². The summed E-state index contributed by atoms with van der Waals surface area (Å²) in [5, 5.41) is 3.14. The minimum absolute atomic E-state index is 0.00926. The Morgan fingerprint density at radius 1 is 0.875 bits per heavy atom. The molecule has 0 heterocycles. The van der Waals surface area contributed by atoms with Crippen LogP contribution in [0.5, 0.6) is 0 Å². The van der Waals surface area contributed by atoms with Gasteiger partial charge in [-0.15, -0.1) is 0 Å². The molecule has 0 aromatic rings. The molecule has 0 aliphatic heterocycles. The van der Waals surface area contributed by atoms with E-state index in [1.54, 1.807) is 13.8 Å². The van der Waals surface area contributed by atoms with Crippen LogP contribution in [0.15, 0.2) is 0 Å². The lowest BCUT2D eigenvalue weighted by atomic mass is 9.80. The Balaban J connectivity index is 0.00000104. The van der Waals surface area contributed by atoms with Crippen LogP contribution in [0.3, 0.4) is 0 Å². The molecule has 2 fully saturated rings. The van der Waals surface area contributed by atoms with Crippen LogP contribution in [0.4, 0.5) is 0 Å². The smallest absolute Gasteiger partial charge is 0.220 e. The van der Waals surface area contributed by atoms with E-state index in [0.29, 0.717) is 24.9 Å². The predicted octanol–water partition coefficient (Wildman–Crippen LogP) is 5.17. The number of ether oxygens (including phenoxy) is 1. The maximum atomic E-state index is 12.1. The molecule has 0 aromatic carbocycles. The van der Waals surface area contributed by atoms with Crippen LogP contribution in [0.25, 0.3) is 0 Å². The fraction of sp³-hybridized carbons (Fsp3) is 0.885. The number of carbonyl (C=O) groups excluding carboxylic acids is 3. The van der Waals surface area contributed by atoms with Crippen molar-refractivity contribution < 1.29 is 19.1 Å². The van der Waals surface area contributed by atoms with Crippen molar-refractivity contribution in [2.75, 3.05) is 6.61 Å². The van der Waals surface area contributed by atoms with E-state index in [0.717, 1.165) is 32.1 Å². The Morgan fingerprint density at radius 2 is 1.41 bits per heavy atom. The van der Waals surface area contributed by atoms with Crippen molar-refractivity contribution in [3.8, 4) is 0 Å². The molecule has 2 aliphatic rings. The molecule has 0 radical (unpaired) electrons. The van der Waals surface area contributed by atoms with Crippen molar-refractivity contribution in [3.05, 3.63) is 0 Å². The Bertz CT molecular complexity index is 520. The molecule has 6 nitrogen and oxygen atoms in total. The lowest BCUT2D eigenvalue weighted by molar-refractivity contribution is -0.127. The van der Waals surface area contributed by atoms with E-state index >= 15 is 0 Å². The number of primary amides is 1. The van der Waals surface area contributed by atoms with E-state index in [2.05, 4.69) is 5.32 Å². The van der Waals surface area contributed by atoms with E-state index in [4.69, 9.17) is 10.5 Å². The fourth-order valence-electron chi connectivity index (χ4n) is 4.01. The van der Waals surface area contributed by atoms with Crippen LogP contribution in [0.1, 0.15) is 112 Å². The Hall–Kier alpha value is -1.43. The standard InChI is InChI=1S/C20H35NO3.C4H9NO.C2H6/c1-15(2)20(23)16-10-12-17(13-11-16)21-19(22)9-6-14-24-18-7-4-3-5-8-18;1-3(2)4(5)6;1-2/h15-18H,3-14H2,1-2H3,(H,21,22);3H,1-2H3,(H2,5,6);1-2H3. The number of ketones is 1. The highest BCUT2D eigenvalue weighted by Crippen LogP contribution is 2.27. The second kappa shape index (κ2) is 18.0. The van der Waals surface area contributed by atoms with Crippen molar-refractivity contribution in [2.45, 2.75) is 124 Å². The number of amides is 2. The van der Waals surface area contributed by atoms with Gasteiger partial charge in [0.15, 0.2) is 0 Å². The average molecular weight is 455 g/mol. The number of carbonyl (C=O) groups is 3. The summed E-state index contributed by atoms with van der Waals surface area (Å²) in [4.78, 5) is 34.0. The molecule has 0 bridgehead atoms. The van der Waals surface area contributed by atoms with Gasteiger partial charge in [0, 0.05) is 36.8 Å². The van der Waals surface area contributed by atoms with E-state index in [9.17, 15) is 14.4 Å². The Morgan fingerprint density at radius 3 is 1.88 bits per heavy atom. The topological polar surface area (TPSA) is 98.5 Å². The Labute approximate surface area is 196 Å². The van der Waals surface area contributed by atoms with E-state index in [1.165, 1.54) is 32.1 Å². The first kappa shape index (κ1) is 30.6. The molecule has 0 aromatic heterocycles. The van der Waals surface area contributed by atoms with Gasteiger partial charge in [0.2, 0.25) is 11.8 Å². The molecule has 2 saturated carbocycles. The summed E-state index contributed by atoms with van der Waals surface area (Å²) in [5.41, 5.74) is 4.80. The van der Waals surface area contributed by atoms with Gasteiger partial charge in [-0.3, -0.25) is 14.4 Å². The van der Waals surface area contributed by atoms with Gasteiger partial charge in [-0.1, -0.05) is 60.8 Å². The highest BCUT2D eigenvalue weighted by Gasteiger charge is 2.28. The van der Waals surface area contributed by atoms with Gasteiger partial charge in [-0.2, -0.15) is 0 Å². The van der Waals surface area contributed by atoms with Gasteiger partial charge >= 0.3 is 0 Å². The van der Waals surface area contributed by atoms with Crippen LogP contribution in [0.2, 0.25) is 0 Å². The Kier molecular flexibility index (Phi) is 17.2. The molecule has 0 spiro atoms. The van der Waals surface area contributed by atoms with Gasteiger partial charge in [-0.25, -0.2) is 0 Å². The molecule has 0 saturated heterocycles. The van der Waals surface area contributed by atoms with Crippen LogP contribution < -0.4 is 11.1 Å². The van der Waals surface area contributed by atoms with Crippen molar-refractivity contribution in [1.29, 1.82) is 0 Å². The van der Waals surface area contributed by atoms with Crippen LogP contribution in [0, 0.1) is 17.8 Å². The number of nitrogens with two attached hydrogens (primary N) is 1. The van der Waals surface area contributed by atoms with Crippen LogP contribution in [-0.2, 0) is 19.1 Å². The zero-order chi connectivity index (χ0) is 24.5. The summed E-state index contributed by atoms with van der Waals surface area (Å²) in [6.07, 6.45) is 11.8. The van der Waals surface area contributed by atoms with Gasteiger partial charge in [0.1, 0.15) is 5.78 Å². The molecule has 188 valence electrons. The summed E-state index contributed by atoms with van der Waals surface area (Å²) in [7, 11) is 0. The normalized spacial score (nSPS) is 21.1. The molecule has 2 amide bonds. The summed E-state index contributed by atoms with van der Waals surface area (Å²) in [6, 6.07) is 0.257. The average Bonchev–Trinajstić information content (AvgIpc) is 2.79. The maximum Gasteiger partial charge on any atom is 0.220 e. The molecule has 0 unspecified atom stereocenters. The second-order valence-electron chi connectivity index (χ2n) is 9.46. The molecular formula is C26H50N2O4. The van der Waals surface area contributed by atoms with Crippen LogP contribution >= 0.6 is 0 Å². The van der Waals surface area contributed by atoms with Crippen molar-refractivity contribution in [1.82, 2.24) is 5.32 Å². The lowest BCUT2D eigenvalue weighted by Crippen LogP contribution is -2.39. The molecule has 2 aliphatic carbocycles. The number of Topliss-reactive ketones (excluding diaryl/α,β-unsaturated/α-hetero) is 1. The van der Waals surface area contributed by atoms with Crippen LogP contribution in [-0.4, -0.2) is 36.4 Å². The largest absolute Gasteiger partial charge is 0.378 e. The highest BCUT2D eigenvalue weighted by molar-refractivity contribution is 5.83. The van der Waals surface area contributed by atoms with Crippen molar-refractivity contribution >= 4 is 17.6 Å². The summed E-state index contributed by atoms with van der Waals surface area (Å²) < 4.78 is 5.87. The highest BCUT2D eigenvalue weighted by atomic mass is 16.5. The predicted molar refractivity (Wildman–Crippen MR) is 131 cm³/mol. The molecule has 2 rings (SSSR count). The van der Waals surface area contributed by atoms with Crippen molar-refractivity contribution in [2.24, 2.45) is 23.5 Å². The van der Waals surface area contributed by atoms with Gasteiger partial charge in [0.05, 0.1) is 6.10 Å². The summed E-state index contributed by atoms with van der Waals surface area (Å²) >= 11 is 0. The molecule has 0 atom stereocenters. The SMILES string of the molecule is CC.CC(C)C(=O)C1CCC(NC(=O)CCCOC2CCCCC2)CC1.CC(C)C(N)=O. The van der Waals surface area contributed by atoms with E-state index in [-0.39, 0.29) is 35.6 Å². The first-order chi connectivity index (χ1) is 15.2. The second-order valence-corrected chi connectivity index (χ2v) is 9.46. The van der Waals surface area contributed by atoms with E-state index in [1.807, 2.05) is 27.7 Å². The first-order valence-corrected chi connectivity index (χ1v) is 12.9. The fourth-order valence-corrected chi connectivity index (χ4v) is 4.01. The third-order valence-corrected chi connectivity index (χ3v) is 6.09. The quantitative estimate of drug-likeness (QED) is 0.470. The molecular weight excluding hydrogens is 404 g/mol. The van der Waals surface area contributed by atoms with Gasteiger partial charge in [0.25, 0.3) is 0 Å². The number of hydrogen-bond donors (Lipinski definition) is 2. The first-order valence-electron chi connectivity index (χ1n) is 12.9. The van der Waals surface area contributed by atoms with Crippen molar-refractivity contribution in [3.63, 3.8) is 0 Å². The zero-order valence-electron chi connectivity index (χ0n) is 21.6. The van der Waals surface area contributed by atoms with E-state index < -0.39 is 0 Å². The van der Waals surface area contributed by atoms with Gasteiger partial charge < -0.3 is 15.8 Å². The minimum atomic E-state index is -0.241. The monoisotopic (exact) mass is 454 g/mol. The summed E-state index contributed by atoms with van der Waals surface area (Å²) in [5.74, 6) is 0.618. The molecule has 32 heavy (non-hydrogen) atoms. The third kappa shape index (κ3) is 13.9. The molecule has 3 N–H and O–H groups in total. The number of hydrogen-bond acceptors (Lipinski definition) is 4. The zero-order valence-corrected chi connectivity index (χ0v) is 21.6. The third-order valence-electron chi connectivity index (χ3n) is 6.09.